The molecular formula is C58H37NO. The van der Waals surface area contributed by atoms with E-state index in [1.807, 2.05) is 0 Å². The molecule has 0 N–H and O–H groups in total. The topological polar surface area (TPSA) is 16.4 Å². The lowest BCUT2D eigenvalue weighted by Gasteiger charge is -2.27. The van der Waals surface area contributed by atoms with Crippen molar-refractivity contribution >= 4 is 82.1 Å². The lowest BCUT2D eigenvalue weighted by atomic mass is 9.85. The zero-order chi connectivity index (χ0) is 39.6. The second-order valence-electron chi connectivity index (χ2n) is 15.6. The highest BCUT2D eigenvalue weighted by Gasteiger charge is 2.21. The van der Waals surface area contributed by atoms with Crippen LogP contribution >= 0.6 is 0 Å². The number of fused-ring (bicyclic) bond motifs is 9. The predicted molar refractivity (Wildman–Crippen MR) is 255 cm³/mol. The minimum Gasteiger partial charge on any atom is -0.455 e. The van der Waals surface area contributed by atoms with Gasteiger partial charge in [0, 0.05) is 39.3 Å². The van der Waals surface area contributed by atoms with Crippen LogP contribution in [0.25, 0.3) is 98.4 Å². The lowest BCUT2D eigenvalue weighted by molar-refractivity contribution is 0.672. The van der Waals surface area contributed by atoms with Gasteiger partial charge in [-0.1, -0.05) is 176 Å². The van der Waals surface area contributed by atoms with Crippen molar-refractivity contribution in [3.8, 4) is 33.4 Å². The van der Waals surface area contributed by atoms with Gasteiger partial charge >= 0.3 is 0 Å². The van der Waals surface area contributed by atoms with E-state index in [9.17, 15) is 0 Å². The second kappa shape index (κ2) is 13.9. The van der Waals surface area contributed by atoms with Gasteiger partial charge in [0.1, 0.15) is 11.2 Å². The summed E-state index contributed by atoms with van der Waals surface area (Å²) >= 11 is 0. The Kier molecular flexibility index (Phi) is 7.89. The standard InChI is InChI=1S/C58H37NO/c1-3-16-41(17-4-1)56-52-24-12-11-23-49(52)50-34-31-44(36-54(50)57(56)42-18-5-2-6-19-42)59(43-29-26-40(27-30-43)47-25-13-20-38-14-7-9-21-46(38)47)45-32-35-51-53-33-28-39-15-8-10-22-48(39)58(53)60-55(51)37-45/h1-37H. The highest BCUT2D eigenvalue weighted by atomic mass is 16.3. The van der Waals surface area contributed by atoms with Gasteiger partial charge in [-0.15, -0.1) is 0 Å². The Morgan fingerprint density at radius 2 is 0.800 bits per heavy atom. The van der Waals surface area contributed by atoms with Crippen LogP contribution in [0.1, 0.15) is 0 Å². The van der Waals surface area contributed by atoms with E-state index in [2.05, 4.69) is 229 Å². The van der Waals surface area contributed by atoms with Crippen molar-refractivity contribution in [2.75, 3.05) is 4.90 Å². The molecule has 0 fully saturated rings. The molecule has 0 spiro atoms. The number of benzene rings is 11. The fourth-order valence-electron chi connectivity index (χ4n) is 9.47. The largest absolute Gasteiger partial charge is 0.455 e. The van der Waals surface area contributed by atoms with Gasteiger partial charge < -0.3 is 9.32 Å². The molecule has 60 heavy (non-hydrogen) atoms. The summed E-state index contributed by atoms with van der Waals surface area (Å²) in [6, 6.07) is 81.3. The maximum absolute atomic E-state index is 6.78. The van der Waals surface area contributed by atoms with Gasteiger partial charge in [0.2, 0.25) is 0 Å². The number of furan rings is 1. The molecule has 0 radical (unpaired) electrons. The molecule has 0 unspecified atom stereocenters. The molecule has 0 aliphatic carbocycles. The SMILES string of the molecule is c1ccc(-c2c(-c3ccccc3)c3cc(N(c4ccc(-c5cccc6ccccc56)cc4)c4ccc5c(c4)oc4c6ccccc6ccc54)ccc3c3ccccc23)cc1. The molecule has 12 rings (SSSR count). The van der Waals surface area contributed by atoms with Gasteiger partial charge in [0.05, 0.1) is 0 Å². The molecule has 1 aromatic heterocycles. The average Bonchev–Trinajstić information content (AvgIpc) is 3.70. The third kappa shape index (κ3) is 5.50. The smallest absolute Gasteiger partial charge is 0.143 e. The maximum atomic E-state index is 6.78. The van der Waals surface area contributed by atoms with Crippen LogP contribution in [0.3, 0.4) is 0 Å². The zero-order valence-corrected chi connectivity index (χ0v) is 32.7. The third-order valence-corrected chi connectivity index (χ3v) is 12.2. The first-order valence-corrected chi connectivity index (χ1v) is 20.6. The first-order chi connectivity index (χ1) is 29.8. The fraction of sp³-hybridized carbons (Fsp3) is 0. The van der Waals surface area contributed by atoms with Gasteiger partial charge in [0.15, 0.2) is 0 Å². The van der Waals surface area contributed by atoms with E-state index >= 15 is 0 Å². The van der Waals surface area contributed by atoms with Crippen molar-refractivity contribution in [1.29, 1.82) is 0 Å². The number of rotatable bonds is 6. The Morgan fingerprint density at radius 3 is 1.53 bits per heavy atom. The summed E-state index contributed by atoms with van der Waals surface area (Å²) in [5, 5.41) is 11.9. The van der Waals surface area contributed by atoms with E-state index < -0.39 is 0 Å². The molecule has 0 atom stereocenters. The van der Waals surface area contributed by atoms with Crippen LogP contribution in [0.15, 0.2) is 229 Å². The van der Waals surface area contributed by atoms with Crippen LogP contribution < -0.4 is 4.90 Å². The minimum atomic E-state index is 0.861. The molecular weight excluding hydrogens is 727 g/mol. The first kappa shape index (κ1) is 34.1. The molecule has 2 heteroatoms. The summed E-state index contributed by atoms with van der Waals surface area (Å²) in [5.41, 5.74) is 12.2. The molecule has 0 saturated heterocycles. The minimum absolute atomic E-state index is 0.861. The normalized spacial score (nSPS) is 11.7. The summed E-state index contributed by atoms with van der Waals surface area (Å²) in [6.45, 7) is 0. The van der Waals surface area contributed by atoms with Crippen molar-refractivity contribution in [2.45, 2.75) is 0 Å². The van der Waals surface area contributed by atoms with Crippen LogP contribution in [-0.4, -0.2) is 0 Å². The van der Waals surface area contributed by atoms with Crippen LogP contribution in [-0.2, 0) is 0 Å². The van der Waals surface area contributed by atoms with Crippen LogP contribution in [0.2, 0.25) is 0 Å². The van der Waals surface area contributed by atoms with Crippen molar-refractivity contribution in [1.82, 2.24) is 0 Å². The van der Waals surface area contributed by atoms with Crippen LogP contribution in [0.4, 0.5) is 17.1 Å². The quantitative estimate of drug-likeness (QED) is 0.157. The molecule has 0 bridgehead atoms. The monoisotopic (exact) mass is 763 g/mol. The molecule has 1 heterocycles. The van der Waals surface area contributed by atoms with Crippen molar-refractivity contribution in [2.24, 2.45) is 0 Å². The van der Waals surface area contributed by atoms with E-state index in [0.29, 0.717) is 0 Å². The Morgan fingerprint density at radius 1 is 0.283 bits per heavy atom. The summed E-state index contributed by atoms with van der Waals surface area (Å²) in [4.78, 5) is 2.38. The van der Waals surface area contributed by atoms with E-state index in [4.69, 9.17) is 4.42 Å². The molecule has 0 amide bonds. The second-order valence-corrected chi connectivity index (χ2v) is 15.6. The lowest BCUT2D eigenvalue weighted by Crippen LogP contribution is -2.10. The number of hydrogen-bond acceptors (Lipinski definition) is 2. The maximum Gasteiger partial charge on any atom is 0.143 e. The van der Waals surface area contributed by atoms with Crippen molar-refractivity contribution in [3.63, 3.8) is 0 Å². The van der Waals surface area contributed by atoms with Gasteiger partial charge in [-0.05, 0) is 114 Å². The molecule has 12 aromatic rings. The predicted octanol–water partition coefficient (Wildman–Crippen LogP) is 16.7. The molecule has 0 aliphatic heterocycles. The van der Waals surface area contributed by atoms with Crippen molar-refractivity contribution in [3.05, 3.63) is 224 Å². The van der Waals surface area contributed by atoms with E-state index in [0.717, 1.165) is 44.4 Å². The third-order valence-electron chi connectivity index (χ3n) is 12.2. The van der Waals surface area contributed by atoms with Gasteiger partial charge in [0.25, 0.3) is 0 Å². The van der Waals surface area contributed by atoms with Crippen molar-refractivity contribution < 1.29 is 4.42 Å². The summed E-state index contributed by atoms with van der Waals surface area (Å²) in [5.74, 6) is 0. The van der Waals surface area contributed by atoms with Gasteiger partial charge in [-0.3, -0.25) is 0 Å². The van der Waals surface area contributed by atoms with Crippen LogP contribution in [0.5, 0.6) is 0 Å². The molecule has 2 nitrogen and oxygen atoms in total. The summed E-state index contributed by atoms with van der Waals surface area (Å²) in [6.07, 6.45) is 0. The Bertz CT molecular complexity index is 3580. The number of hydrogen-bond donors (Lipinski definition) is 0. The molecule has 0 saturated carbocycles. The Balaban J connectivity index is 1.11. The van der Waals surface area contributed by atoms with Gasteiger partial charge in [-0.25, -0.2) is 0 Å². The number of anilines is 3. The van der Waals surface area contributed by atoms with E-state index in [1.165, 1.54) is 71.1 Å². The molecule has 280 valence electrons. The Hall–Kier alpha value is -7.94. The highest BCUT2D eigenvalue weighted by molar-refractivity contribution is 6.22. The van der Waals surface area contributed by atoms with E-state index in [1.54, 1.807) is 0 Å². The number of nitrogens with zero attached hydrogens (tertiary/aromatic N) is 1. The summed E-state index contributed by atoms with van der Waals surface area (Å²) in [7, 11) is 0. The van der Waals surface area contributed by atoms with Crippen LogP contribution in [0, 0.1) is 0 Å². The average molecular weight is 764 g/mol. The Labute approximate surface area is 347 Å². The van der Waals surface area contributed by atoms with E-state index in [-0.39, 0.29) is 0 Å². The molecule has 11 aromatic carbocycles. The zero-order valence-electron chi connectivity index (χ0n) is 32.7. The summed E-state index contributed by atoms with van der Waals surface area (Å²) < 4.78 is 6.78. The first-order valence-electron chi connectivity index (χ1n) is 20.6. The fourth-order valence-corrected chi connectivity index (χ4v) is 9.47. The highest BCUT2D eigenvalue weighted by Crippen LogP contribution is 2.47. The molecule has 0 aliphatic rings. The van der Waals surface area contributed by atoms with Gasteiger partial charge in [-0.2, -0.15) is 0 Å².